The number of carbonyl (C=O) groups excluding carboxylic acids is 1. The van der Waals surface area contributed by atoms with E-state index in [0.29, 0.717) is 25.8 Å². The number of hydrogen-bond acceptors (Lipinski definition) is 3. The van der Waals surface area contributed by atoms with E-state index in [1.807, 2.05) is 25.1 Å². The van der Waals surface area contributed by atoms with Crippen LogP contribution in [0.1, 0.15) is 32.4 Å². The van der Waals surface area contributed by atoms with Gasteiger partial charge >= 0.3 is 12.0 Å². The van der Waals surface area contributed by atoms with Gasteiger partial charge in [-0.2, -0.15) is 0 Å². The highest BCUT2D eigenvalue weighted by atomic mass is 16.4. The van der Waals surface area contributed by atoms with Crippen LogP contribution in [0.3, 0.4) is 0 Å². The van der Waals surface area contributed by atoms with Gasteiger partial charge in [0, 0.05) is 24.9 Å². The summed E-state index contributed by atoms with van der Waals surface area (Å²) in [6.07, 6.45) is 3.36. The van der Waals surface area contributed by atoms with Gasteiger partial charge in [0.05, 0.1) is 0 Å². The van der Waals surface area contributed by atoms with Gasteiger partial charge in [0.25, 0.3) is 0 Å². The minimum atomic E-state index is -1.23. The lowest BCUT2D eigenvalue weighted by Gasteiger charge is -2.25. The van der Waals surface area contributed by atoms with Crippen LogP contribution in [0.25, 0.3) is 0 Å². The third kappa shape index (κ3) is 4.87. The summed E-state index contributed by atoms with van der Waals surface area (Å²) in [6, 6.07) is 5.11. The second kappa shape index (κ2) is 7.47. The van der Waals surface area contributed by atoms with E-state index in [1.54, 1.807) is 6.20 Å². The molecule has 0 aliphatic carbocycles. The van der Waals surface area contributed by atoms with Crippen molar-refractivity contribution in [3.05, 3.63) is 30.1 Å². The Morgan fingerprint density at radius 1 is 1.40 bits per heavy atom. The van der Waals surface area contributed by atoms with Crippen LogP contribution < -0.4 is 10.6 Å². The summed E-state index contributed by atoms with van der Waals surface area (Å²) in [5.41, 5.74) is -0.355. The summed E-state index contributed by atoms with van der Waals surface area (Å²) in [7, 11) is 0. The Morgan fingerprint density at radius 3 is 2.70 bits per heavy atom. The number of rotatable bonds is 7. The molecule has 0 aromatic carbocycles. The van der Waals surface area contributed by atoms with Crippen LogP contribution >= 0.6 is 0 Å². The van der Waals surface area contributed by atoms with Crippen LogP contribution in [0.2, 0.25) is 0 Å². The number of amides is 2. The van der Waals surface area contributed by atoms with Gasteiger partial charge in [0.15, 0.2) is 0 Å². The molecule has 2 amide bonds. The number of carboxylic acids is 1. The van der Waals surface area contributed by atoms with Crippen LogP contribution in [0.4, 0.5) is 4.79 Å². The van der Waals surface area contributed by atoms with Crippen molar-refractivity contribution in [1.82, 2.24) is 15.6 Å². The van der Waals surface area contributed by atoms with Gasteiger partial charge in [-0.15, -0.1) is 0 Å². The van der Waals surface area contributed by atoms with Gasteiger partial charge in [-0.25, -0.2) is 9.59 Å². The van der Waals surface area contributed by atoms with Crippen molar-refractivity contribution in [3.8, 4) is 0 Å². The number of hydrogen-bond donors (Lipinski definition) is 3. The fourth-order valence-corrected chi connectivity index (χ4v) is 1.87. The first-order chi connectivity index (χ1) is 9.48. The first-order valence-electron chi connectivity index (χ1n) is 6.67. The van der Waals surface area contributed by atoms with Crippen molar-refractivity contribution < 1.29 is 14.7 Å². The van der Waals surface area contributed by atoms with Crippen LogP contribution in [-0.4, -0.2) is 34.2 Å². The van der Waals surface area contributed by atoms with Gasteiger partial charge in [0.2, 0.25) is 0 Å². The minimum absolute atomic E-state index is 0.385. The van der Waals surface area contributed by atoms with E-state index in [4.69, 9.17) is 5.11 Å². The van der Waals surface area contributed by atoms with Crippen LogP contribution in [0, 0.1) is 0 Å². The zero-order chi connectivity index (χ0) is 15.0. The molecule has 1 heterocycles. The summed E-state index contributed by atoms with van der Waals surface area (Å²) in [5.74, 6) is -1.03. The molecule has 6 nitrogen and oxygen atoms in total. The summed E-state index contributed by atoms with van der Waals surface area (Å²) < 4.78 is 0. The van der Waals surface area contributed by atoms with Crippen molar-refractivity contribution >= 4 is 12.0 Å². The second-order valence-electron chi connectivity index (χ2n) is 4.84. The van der Waals surface area contributed by atoms with Crippen molar-refractivity contribution in [1.29, 1.82) is 0 Å². The summed E-state index contributed by atoms with van der Waals surface area (Å²) in [5, 5.41) is 14.3. The Labute approximate surface area is 118 Å². The molecule has 0 aliphatic rings. The zero-order valence-corrected chi connectivity index (χ0v) is 11.8. The van der Waals surface area contributed by atoms with E-state index in [-0.39, 0.29) is 0 Å². The molecule has 1 atom stereocenters. The molecule has 1 unspecified atom stereocenters. The topological polar surface area (TPSA) is 91.3 Å². The van der Waals surface area contributed by atoms with Crippen molar-refractivity contribution in [3.63, 3.8) is 0 Å². The Balaban J connectivity index is 2.41. The highest BCUT2D eigenvalue weighted by molar-refractivity contribution is 5.85. The predicted octanol–water partition coefficient (Wildman–Crippen LogP) is 1.57. The molecule has 1 aromatic rings. The maximum atomic E-state index is 11.7. The average molecular weight is 279 g/mol. The molecule has 20 heavy (non-hydrogen) atoms. The Bertz CT molecular complexity index is 450. The summed E-state index contributed by atoms with van der Waals surface area (Å²) >= 11 is 0. The Kier molecular flexibility index (Phi) is 5.96. The highest BCUT2D eigenvalue weighted by Crippen LogP contribution is 2.12. The molecule has 0 spiro atoms. The quantitative estimate of drug-likeness (QED) is 0.706. The third-order valence-electron chi connectivity index (χ3n) is 3.00. The van der Waals surface area contributed by atoms with E-state index in [0.717, 1.165) is 5.69 Å². The van der Waals surface area contributed by atoms with Gasteiger partial charge in [-0.1, -0.05) is 19.4 Å². The average Bonchev–Trinajstić information content (AvgIpc) is 2.40. The number of carboxylic acid groups (broad SMARTS) is 1. The first-order valence-corrected chi connectivity index (χ1v) is 6.67. The van der Waals surface area contributed by atoms with Gasteiger partial charge in [-0.05, 0) is 25.5 Å². The predicted molar refractivity (Wildman–Crippen MR) is 75.4 cm³/mol. The number of nitrogens with one attached hydrogen (secondary N) is 2. The molecule has 0 radical (unpaired) electrons. The molecule has 0 saturated heterocycles. The molecule has 110 valence electrons. The molecule has 0 saturated carbocycles. The number of aromatic nitrogens is 1. The molecule has 1 rings (SSSR count). The number of urea groups is 1. The van der Waals surface area contributed by atoms with Gasteiger partial charge in [0.1, 0.15) is 5.54 Å². The maximum absolute atomic E-state index is 11.7. The SMILES string of the molecule is CCCC(C)(NC(=O)NCCc1ccccn1)C(=O)O. The van der Waals surface area contributed by atoms with Gasteiger partial charge < -0.3 is 15.7 Å². The maximum Gasteiger partial charge on any atom is 0.329 e. The molecule has 0 aliphatic heterocycles. The molecular formula is C14H21N3O3. The van der Waals surface area contributed by atoms with E-state index in [1.165, 1.54) is 6.92 Å². The van der Waals surface area contributed by atoms with Crippen LogP contribution in [-0.2, 0) is 11.2 Å². The van der Waals surface area contributed by atoms with Crippen LogP contribution in [0.5, 0.6) is 0 Å². The highest BCUT2D eigenvalue weighted by Gasteiger charge is 2.33. The van der Waals surface area contributed by atoms with Crippen molar-refractivity contribution in [2.45, 2.75) is 38.6 Å². The number of nitrogens with zero attached hydrogens (tertiary/aromatic N) is 1. The molecule has 6 heteroatoms. The molecule has 1 aromatic heterocycles. The molecule has 0 bridgehead atoms. The first kappa shape index (κ1) is 15.9. The minimum Gasteiger partial charge on any atom is -0.480 e. The van der Waals surface area contributed by atoms with E-state index in [2.05, 4.69) is 15.6 Å². The lowest BCUT2D eigenvalue weighted by atomic mass is 9.97. The number of pyridine rings is 1. The molecule has 0 fully saturated rings. The smallest absolute Gasteiger partial charge is 0.329 e. The monoisotopic (exact) mass is 279 g/mol. The molecular weight excluding hydrogens is 258 g/mol. The third-order valence-corrected chi connectivity index (χ3v) is 3.00. The lowest BCUT2D eigenvalue weighted by molar-refractivity contribution is -0.144. The second-order valence-corrected chi connectivity index (χ2v) is 4.84. The normalized spacial score (nSPS) is 13.3. The van der Waals surface area contributed by atoms with E-state index < -0.39 is 17.5 Å². The zero-order valence-electron chi connectivity index (χ0n) is 11.8. The molecule has 3 N–H and O–H groups in total. The Morgan fingerprint density at radius 2 is 2.15 bits per heavy atom. The Hall–Kier alpha value is -2.11. The van der Waals surface area contributed by atoms with E-state index >= 15 is 0 Å². The lowest BCUT2D eigenvalue weighted by Crippen LogP contribution is -2.55. The fourth-order valence-electron chi connectivity index (χ4n) is 1.87. The van der Waals surface area contributed by atoms with E-state index in [9.17, 15) is 9.59 Å². The standard InChI is InChI=1S/C14H21N3O3/c1-3-8-14(2,12(18)19)17-13(20)16-10-7-11-6-4-5-9-15-11/h4-6,9H,3,7-8,10H2,1-2H3,(H,18,19)(H2,16,17,20). The number of aliphatic carboxylic acids is 1. The number of carbonyl (C=O) groups is 2. The van der Waals surface area contributed by atoms with Crippen molar-refractivity contribution in [2.24, 2.45) is 0 Å². The summed E-state index contributed by atoms with van der Waals surface area (Å²) in [4.78, 5) is 27.1. The largest absolute Gasteiger partial charge is 0.480 e. The van der Waals surface area contributed by atoms with Gasteiger partial charge in [-0.3, -0.25) is 4.98 Å². The summed E-state index contributed by atoms with van der Waals surface area (Å²) in [6.45, 7) is 3.80. The fraction of sp³-hybridized carbons (Fsp3) is 0.500. The van der Waals surface area contributed by atoms with Crippen LogP contribution in [0.15, 0.2) is 24.4 Å². The van der Waals surface area contributed by atoms with Crippen molar-refractivity contribution in [2.75, 3.05) is 6.54 Å².